The fraction of sp³-hybridized carbons (Fsp3) is 0.969. The van der Waals surface area contributed by atoms with Crippen molar-refractivity contribution in [2.24, 2.45) is 45.3 Å². The standard InChI is InChI=1S/C32H52O7/c1-17-12-32(39-26(17,3)4)31(9,36)25-23(38-32)16-28(6)19-10-11-27(5)13-20(34)22(37-18(2)33)15-29(27,7)24(19)21(35)14-30(25,28)8/h17,19-25,34-36H,10-16H2,1-9H3/t17-,19?,20-,21?,22+,23-,24?,25?,27-,28-,29+,30+,31?,32?/m0/s1. The van der Waals surface area contributed by atoms with Crippen molar-refractivity contribution in [3.8, 4) is 0 Å². The Morgan fingerprint density at radius 1 is 0.872 bits per heavy atom. The highest BCUT2D eigenvalue weighted by atomic mass is 16.7. The van der Waals surface area contributed by atoms with Gasteiger partial charge in [0.2, 0.25) is 0 Å². The van der Waals surface area contributed by atoms with E-state index >= 15 is 0 Å². The van der Waals surface area contributed by atoms with Crippen LogP contribution in [0.1, 0.15) is 107 Å². The van der Waals surface area contributed by atoms with Gasteiger partial charge < -0.3 is 29.5 Å². The fourth-order valence-corrected chi connectivity index (χ4v) is 11.7. The van der Waals surface area contributed by atoms with Crippen LogP contribution in [0.2, 0.25) is 0 Å². The maximum absolute atomic E-state index is 12.4. The highest BCUT2D eigenvalue weighted by Gasteiger charge is 2.80. The maximum Gasteiger partial charge on any atom is 0.302 e. The summed E-state index contributed by atoms with van der Waals surface area (Å²) < 4.78 is 19.1. The highest BCUT2D eigenvalue weighted by molar-refractivity contribution is 5.66. The Labute approximate surface area is 234 Å². The zero-order valence-electron chi connectivity index (χ0n) is 25.5. The first-order chi connectivity index (χ1) is 17.8. The molecule has 14 atom stereocenters. The van der Waals surface area contributed by atoms with E-state index in [1.807, 2.05) is 6.92 Å². The van der Waals surface area contributed by atoms with E-state index in [0.717, 1.165) is 19.3 Å². The van der Waals surface area contributed by atoms with Crippen LogP contribution in [0.3, 0.4) is 0 Å². The predicted molar refractivity (Wildman–Crippen MR) is 145 cm³/mol. The first-order valence-corrected chi connectivity index (χ1v) is 15.4. The number of carbonyl (C=O) groups is 1. The Balaban J connectivity index is 1.37. The molecule has 2 saturated heterocycles. The van der Waals surface area contributed by atoms with E-state index in [0.29, 0.717) is 25.7 Å². The van der Waals surface area contributed by atoms with Crippen LogP contribution in [-0.2, 0) is 19.0 Å². The number of rotatable bonds is 1. The SMILES string of the molecule is CC(=O)O[C@@H]1C[C@]2(C)C3C(O)C[C@]4(C)C5[C@H](C[C@@]4(C)C3CC[C@@]2(C)C[C@@H]1O)OC1(C[C@H](C)C(C)(C)O1)C5(C)O. The van der Waals surface area contributed by atoms with Gasteiger partial charge in [0.05, 0.1) is 23.9 Å². The Morgan fingerprint density at radius 3 is 2.13 bits per heavy atom. The van der Waals surface area contributed by atoms with Crippen LogP contribution in [0.4, 0.5) is 0 Å². The monoisotopic (exact) mass is 548 g/mol. The fourth-order valence-electron chi connectivity index (χ4n) is 11.7. The normalized spacial score (nSPS) is 61.3. The predicted octanol–water partition coefficient (Wildman–Crippen LogP) is 4.59. The minimum atomic E-state index is -1.18. The number of ether oxygens (including phenoxy) is 3. The van der Waals surface area contributed by atoms with Gasteiger partial charge in [-0.3, -0.25) is 4.79 Å². The minimum absolute atomic E-state index is 0.0132. The Kier molecular flexibility index (Phi) is 5.83. The summed E-state index contributed by atoms with van der Waals surface area (Å²) >= 11 is 0. The molecule has 7 heteroatoms. The van der Waals surface area contributed by atoms with Crippen LogP contribution in [-0.4, -0.2) is 62.7 Å². The molecule has 4 aliphatic carbocycles. The van der Waals surface area contributed by atoms with Crippen molar-refractivity contribution in [2.45, 2.75) is 149 Å². The molecule has 6 aliphatic rings. The summed E-state index contributed by atoms with van der Waals surface area (Å²) in [6, 6.07) is 0. The molecule has 3 N–H and O–H groups in total. The van der Waals surface area contributed by atoms with Crippen molar-refractivity contribution in [2.75, 3.05) is 0 Å². The Bertz CT molecular complexity index is 1060. The quantitative estimate of drug-likeness (QED) is 0.412. The molecule has 0 radical (unpaired) electrons. The molecule has 0 bridgehead atoms. The van der Waals surface area contributed by atoms with Crippen molar-refractivity contribution in [1.82, 2.24) is 0 Å². The molecule has 6 fully saturated rings. The average Bonchev–Trinajstić information content (AvgIpc) is 3.23. The van der Waals surface area contributed by atoms with Crippen LogP contribution >= 0.6 is 0 Å². The van der Waals surface area contributed by atoms with E-state index in [4.69, 9.17) is 14.2 Å². The lowest BCUT2D eigenvalue weighted by Crippen LogP contribution is -2.68. The molecule has 7 nitrogen and oxygen atoms in total. The van der Waals surface area contributed by atoms with Crippen LogP contribution in [0, 0.1) is 45.3 Å². The first-order valence-electron chi connectivity index (χ1n) is 15.4. The van der Waals surface area contributed by atoms with Gasteiger partial charge in [-0.25, -0.2) is 0 Å². The van der Waals surface area contributed by atoms with Gasteiger partial charge in [-0.1, -0.05) is 34.6 Å². The summed E-state index contributed by atoms with van der Waals surface area (Å²) in [6.07, 6.45) is 3.21. The second-order valence-electron chi connectivity index (χ2n) is 16.4. The topological polar surface area (TPSA) is 105 Å². The summed E-state index contributed by atoms with van der Waals surface area (Å²) in [7, 11) is 0. The van der Waals surface area contributed by atoms with E-state index in [2.05, 4.69) is 48.5 Å². The van der Waals surface area contributed by atoms with Crippen molar-refractivity contribution in [3.63, 3.8) is 0 Å². The molecule has 6 rings (SSSR count). The third kappa shape index (κ3) is 3.31. The lowest BCUT2D eigenvalue weighted by molar-refractivity contribution is -0.308. The molecule has 0 amide bonds. The van der Waals surface area contributed by atoms with Crippen LogP contribution < -0.4 is 0 Å². The van der Waals surface area contributed by atoms with E-state index in [9.17, 15) is 20.1 Å². The van der Waals surface area contributed by atoms with Crippen LogP contribution in [0.15, 0.2) is 0 Å². The minimum Gasteiger partial charge on any atom is -0.460 e. The molecule has 222 valence electrons. The molecule has 2 aliphatic heterocycles. The van der Waals surface area contributed by atoms with Crippen molar-refractivity contribution < 1.29 is 34.3 Å². The van der Waals surface area contributed by atoms with Gasteiger partial charge in [0.15, 0.2) is 5.79 Å². The van der Waals surface area contributed by atoms with Gasteiger partial charge in [0.1, 0.15) is 11.7 Å². The first kappa shape index (κ1) is 28.4. The molecule has 2 heterocycles. The van der Waals surface area contributed by atoms with E-state index in [1.54, 1.807) is 0 Å². The maximum atomic E-state index is 12.4. The number of hydrogen-bond acceptors (Lipinski definition) is 7. The number of hydrogen-bond donors (Lipinski definition) is 3. The summed E-state index contributed by atoms with van der Waals surface area (Å²) in [6.45, 7) is 18.9. The molecule has 0 aromatic carbocycles. The summed E-state index contributed by atoms with van der Waals surface area (Å²) in [5, 5.41) is 35.5. The van der Waals surface area contributed by atoms with Gasteiger partial charge in [-0.2, -0.15) is 0 Å². The Morgan fingerprint density at radius 2 is 1.54 bits per heavy atom. The van der Waals surface area contributed by atoms with E-state index in [1.165, 1.54) is 6.92 Å². The van der Waals surface area contributed by atoms with Crippen molar-refractivity contribution in [1.29, 1.82) is 0 Å². The Hall–Kier alpha value is -0.730. The summed E-state index contributed by atoms with van der Waals surface area (Å²) in [5.74, 6) is -1.03. The van der Waals surface area contributed by atoms with Crippen LogP contribution in [0.25, 0.3) is 0 Å². The number of aliphatic hydroxyl groups excluding tert-OH is 2. The molecule has 4 saturated carbocycles. The van der Waals surface area contributed by atoms with Crippen LogP contribution in [0.5, 0.6) is 0 Å². The number of aliphatic hydroxyl groups is 3. The molecular formula is C32H52O7. The molecule has 0 aromatic heterocycles. The second kappa shape index (κ2) is 8.00. The molecule has 39 heavy (non-hydrogen) atoms. The smallest absolute Gasteiger partial charge is 0.302 e. The lowest BCUT2D eigenvalue weighted by Gasteiger charge is -2.69. The van der Waals surface area contributed by atoms with Gasteiger partial charge in [0, 0.05) is 19.3 Å². The van der Waals surface area contributed by atoms with Gasteiger partial charge >= 0.3 is 5.97 Å². The van der Waals surface area contributed by atoms with Crippen molar-refractivity contribution >= 4 is 5.97 Å². The average molecular weight is 549 g/mol. The van der Waals surface area contributed by atoms with E-state index in [-0.39, 0.29) is 63.0 Å². The highest BCUT2D eigenvalue weighted by Crippen LogP contribution is 2.78. The summed E-state index contributed by atoms with van der Waals surface area (Å²) in [5.41, 5.74) is -2.49. The zero-order valence-corrected chi connectivity index (χ0v) is 25.5. The largest absolute Gasteiger partial charge is 0.460 e. The van der Waals surface area contributed by atoms with Crippen molar-refractivity contribution in [3.05, 3.63) is 0 Å². The van der Waals surface area contributed by atoms with Gasteiger partial charge in [-0.05, 0) is 98.7 Å². The van der Waals surface area contributed by atoms with E-state index < -0.39 is 29.7 Å². The molecule has 0 aromatic rings. The third-order valence-electron chi connectivity index (χ3n) is 14.3. The lowest BCUT2D eigenvalue weighted by atomic mass is 9.36. The number of carbonyl (C=O) groups excluding carboxylic acids is 1. The van der Waals surface area contributed by atoms with Gasteiger partial charge in [0.25, 0.3) is 0 Å². The number of fused-ring (bicyclic) bond motifs is 7. The molecular weight excluding hydrogens is 496 g/mol. The molecule has 6 unspecified atom stereocenters. The number of esters is 1. The molecule has 1 spiro atoms. The zero-order chi connectivity index (χ0) is 28.8. The second-order valence-corrected chi connectivity index (χ2v) is 16.4. The van der Waals surface area contributed by atoms with Gasteiger partial charge in [-0.15, -0.1) is 0 Å². The third-order valence-corrected chi connectivity index (χ3v) is 14.3. The summed E-state index contributed by atoms with van der Waals surface area (Å²) in [4.78, 5) is 11.9.